The minimum Gasteiger partial charge on any atom is -0.333 e. The number of likely N-dealkylation sites (N-methyl/N-ethyl adjacent to an activating group) is 1. The van der Waals surface area contributed by atoms with E-state index >= 15 is 0 Å². The van der Waals surface area contributed by atoms with Crippen molar-refractivity contribution in [3.8, 4) is 0 Å². The van der Waals surface area contributed by atoms with E-state index in [0.29, 0.717) is 11.4 Å². The molecule has 0 spiro atoms. The number of anilines is 1. The lowest BCUT2D eigenvalue weighted by atomic mass is 10.1. The molecule has 1 atom stereocenters. The highest BCUT2D eigenvalue weighted by Crippen LogP contribution is 2.34. The first-order valence-electron chi connectivity index (χ1n) is 8.73. The molecule has 0 saturated carbocycles. The van der Waals surface area contributed by atoms with Gasteiger partial charge >= 0.3 is 12.2 Å². The number of carbonyl (C=O) groups is 3. The number of nitrogens with one attached hydrogen (secondary N) is 4. The van der Waals surface area contributed by atoms with Crippen LogP contribution >= 0.6 is 0 Å². The summed E-state index contributed by atoms with van der Waals surface area (Å²) in [6, 6.07) is 4.00. The summed E-state index contributed by atoms with van der Waals surface area (Å²) < 4.78 is 39.0. The Balaban J connectivity index is 2.65. The number of alkyl halides is 3. The van der Waals surface area contributed by atoms with Crippen molar-refractivity contribution in [3.63, 3.8) is 0 Å². The molecule has 4 amide bonds. The van der Waals surface area contributed by atoms with Gasteiger partial charge in [0, 0.05) is 5.54 Å². The quantitative estimate of drug-likeness (QED) is 0.575. The average Bonchev–Trinajstić information content (AvgIpc) is 2.51. The molecule has 1 aromatic rings. The molecule has 10 heteroatoms. The molecule has 28 heavy (non-hydrogen) atoms. The molecule has 0 radical (unpaired) electrons. The molecule has 1 unspecified atom stereocenters. The number of quaternary nitrogens is 1. The summed E-state index contributed by atoms with van der Waals surface area (Å²) in [5, 5.41) is 6.97. The first kappa shape index (κ1) is 23.4. The molecule has 7 nitrogen and oxygen atoms in total. The van der Waals surface area contributed by atoms with E-state index in [9.17, 15) is 27.6 Å². The number of amides is 4. The monoisotopic (exact) mass is 403 g/mol. The van der Waals surface area contributed by atoms with Gasteiger partial charge in [-0.3, -0.25) is 14.9 Å². The third-order valence-corrected chi connectivity index (χ3v) is 3.57. The summed E-state index contributed by atoms with van der Waals surface area (Å²) >= 11 is 0. The maximum atomic E-state index is 13.0. The van der Waals surface area contributed by atoms with E-state index in [2.05, 4.69) is 16.0 Å². The first-order valence-corrected chi connectivity index (χ1v) is 8.73. The second-order valence-corrected chi connectivity index (χ2v) is 7.30. The van der Waals surface area contributed by atoms with Crippen LogP contribution < -0.4 is 20.9 Å². The van der Waals surface area contributed by atoms with Gasteiger partial charge in [-0.2, -0.15) is 13.2 Å². The maximum Gasteiger partial charge on any atom is 0.418 e. The fraction of sp³-hybridized carbons (Fsp3) is 0.500. The van der Waals surface area contributed by atoms with Crippen molar-refractivity contribution in [1.82, 2.24) is 10.6 Å². The summed E-state index contributed by atoms with van der Waals surface area (Å²) in [7, 11) is 0. The minimum absolute atomic E-state index is 0.178. The summed E-state index contributed by atoms with van der Waals surface area (Å²) in [5.74, 6) is -1.26. The van der Waals surface area contributed by atoms with Gasteiger partial charge < -0.3 is 15.5 Å². The van der Waals surface area contributed by atoms with Crippen LogP contribution in [0.1, 0.15) is 33.3 Å². The van der Waals surface area contributed by atoms with Gasteiger partial charge in [-0.1, -0.05) is 12.1 Å². The number of hydrogen-bond donors (Lipinski definition) is 4. The van der Waals surface area contributed by atoms with Gasteiger partial charge in [0.15, 0.2) is 13.1 Å². The normalized spacial score (nSPS) is 12.8. The zero-order chi connectivity index (χ0) is 21.5. The van der Waals surface area contributed by atoms with Crippen molar-refractivity contribution in [2.75, 3.05) is 25.0 Å². The average molecular weight is 403 g/mol. The molecule has 156 valence electrons. The van der Waals surface area contributed by atoms with Crippen LogP contribution in [0.5, 0.6) is 0 Å². The maximum absolute atomic E-state index is 13.0. The van der Waals surface area contributed by atoms with Crippen molar-refractivity contribution in [1.29, 1.82) is 0 Å². The minimum atomic E-state index is -4.60. The lowest BCUT2D eigenvalue weighted by Gasteiger charge is -2.21. The molecule has 0 aliphatic heterocycles. The molecule has 1 rings (SSSR count). The van der Waals surface area contributed by atoms with E-state index < -0.39 is 35.1 Å². The molecule has 0 saturated heterocycles. The Hall–Kier alpha value is -2.62. The van der Waals surface area contributed by atoms with E-state index in [1.807, 2.05) is 0 Å². The number of rotatable bonds is 6. The molecule has 0 bridgehead atoms. The van der Waals surface area contributed by atoms with Crippen LogP contribution in [-0.4, -0.2) is 43.0 Å². The van der Waals surface area contributed by atoms with E-state index in [4.69, 9.17) is 0 Å². The van der Waals surface area contributed by atoms with Gasteiger partial charge in [0.05, 0.1) is 17.8 Å². The Kier molecular flexibility index (Phi) is 7.98. The molecule has 1 aromatic carbocycles. The van der Waals surface area contributed by atoms with E-state index in [1.54, 1.807) is 27.7 Å². The zero-order valence-corrected chi connectivity index (χ0v) is 16.3. The number of urea groups is 1. The predicted octanol–water partition coefficient (Wildman–Crippen LogP) is 1.17. The standard InChI is InChI=1S/C18H25F3N4O3/c1-5-25(11-15(27)23-16(28)24-17(2,3)4)10-14(26)22-13-9-7-6-8-12(13)18(19,20)21/h6-9H,5,10-11H2,1-4H3,(H,22,26)(H2,23,24,27,28)/p+1. The van der Waals surface area contributed by atoms with Gasteiger partial charge in [-0.05, 0) is 39.8 Å². The van der Waals surface area contributed by atoms with Crippen molar-refractivity contribution in [3.05, 3.63) is 29.8 Å². The first-order chi connectivity index (χ1) is 12.8. The Morgan fingerprint density at radius 2 is 1.57 bits per heavy atom. The van der Waals surface area contributed by atoms with Gasteiger partial charge in [-0.25, -0.2) is 4.79 Å². The van der Waals surface area contributed by atoms with E-state index in [0.717, 1.165) is 12.1 Å². The number of benzene rings is 1. The van der Waals surface area contributed by atoms with Gasteiger partial charge in [-0.15, -0.1) is 0 Å². The summed E-state index contributed by atoms with van der Waals surface area (Å²) in [6.45, 7) is 6.94. The lowest BCUT2D eigenvalue weighted by molar-refractivity contribution is -0.881. The molecule has 0 aliphatic carbocycles. The number of hydrogen-bond acceptors (Lipinski definition) is 3. The van der Waals surface area contributed by atoms with Crippen LogP contribution in [0.2, 0.25) is 0 Å². The van der Waals surface area contributed by atoms with Crippen LogP contribution in [0, 0.1) is 0 Å². The lowest BCUT2D eigenvalue weighted by Crippen LogP contribution is -3.14. The van der Waals surface area contributed by atoms with Crippen LogP contribution in [0.4, 0.5) is 23.7 Å². The number of carbonyl (C=O) groups excluding carboxylic acids is 3. The van der Waals surface area contributed by atoms with Crippen LogP contribution in [0.3, 0.4) is 0 Å². The highest BCUT2D eigenvalue weighted by Gasteiger charge is 2.33. The van der Waals surface area contributed by atoms with E-state index in [1.165, 1.54) is 12.1 Å². The molecule has 0 fully saturated rings. The molecule has 0 heterocycles. The topological polar surface area (TPSA) is 91.7 Å². The highest BCUT2D eigenvalue weighted by atomic mass is 19.4. The predicted molar refractivity (Wildman–Crippen MR) is 97.7 cm³/mol. The number of halogens is 3. The third-order valence-electron chi connectivity index (χ3n) is 3.57. The van der Waals surface area contributed by atoms with Gasteiger partial charge in [0.25, 0.3) is 11.8 Å². The zero-order valence-electron chi connectivity index (χ0n) is 16.3. The molecule has 0 aromatic heterocycles. The molecule has 4 N–H and O–H groups in total. The largest absolute Gasteiger partial charge is 0.418 e. The Labute approximate surface area is 161 Å². The van der Waals surface area contributed by atoms with Crippen molar-refractivity contribution in [2.24, 2.45) is 0 Å². The van der Waals surface area contributed by atoms with Crippen LogP contribution in [-0.2, 0) is 15.8 Å². The second-order valence-electron chi connectivity index (χ2n) is 7.30. The highest BCUT2D eigenvalue weighted by molar-refractivity contribution is 5.95. The second kappa shape index (κ2) is 9.54. The fourth-order valence-corrected chi connectivity index (χ4v) is 2.34. The van der Waals surface area contributed by atoms with Crippen molar-refractivity contribution >= 4 is 23.5 Å². The molecule has 0 aliphatic rings. The third kappa shape index (κ3) is 8.38. The van der Waals surface area contributed by atoms with Crippen LogP contribution in [0.15, 0.2) is 24.3 Å². The Bertz CT molecular complexity index is 715. The number of imide groups is 1. The summed E-state index contributed by atoms with van der Waals surface area (Å²) in [6.07, 6.45) is -4.60. The van der Waals surface area contributed by atoms with E-state index in [-0.39, 0.29) is 18.8 Å². The Morgan fingerprint density at radius 3 is 2.11 bits per heavy atom. The smallest absolute Gasteiger partial charge is 0.333 e. The fourth-order valence-electron chi connectivity index (χ4n) is 2.34. The molecular formula is C18H26F3N4O3+. The molecular weight excluding hydrogens is 377 g/mol. The van der Waals surface area contributed by atoms with Crippen molar-refractivity contribution in [2.45, 2.75) is 39.4 Å². The SMILES string of the molecule is CC[NH+](CC(=O)NC(=O)NC(C)(C)C)CC(=O)Nc1ccccc1C(F)(F)F. The van der Waals surface area contributed by atoms with Gasteiger partial charge in [0.1, 0.15) is 0 Å². The number of para-hydroxylation sites is 1. The summed E-state index contributed by atoms with van der Waals surface area (Å²) in [5.41, 5.74) is -1.81. The summed E-state index contributed by atoms with van der Waals surface area (Å²) in [4.78, 5) is 36.3. The van der Waals surface area contributed by atoms with Crippen molar-refractivity contribution < 1.29 is 32.5 Å². The van der Waals surface area contributed by atoms with Crippen LogP contribution in [0.25, 0.3) is 0 Å². The van der Waals surface area contributed by atoms with Gasteiger partial charge in [0.2, 0.25) is 0 Å². The Morgan fingerprint density at radius 1 is 1.00 bits per heavy atom.